The Bertz CT molecular complexity index is 535. The highest BCUT2D eigenvalue weighted by atomic mass is 32.1. The molecule has 1 heterocycles. The number of carboxylic acid groups (broad SMARTS) is 1. The van der Waals surface area contributed by atoms with Gasteiger partial charge < -0.3 is 10.4 Å². The predicted molar refractivity (Wildman–Crippen MR) is 69.2 cm³/mol. The highest BCUT2D eigenvalue weighted by Gasteiger charge is 2.40. The van der Waals surface area contributed by atoms with Gasteiger partial charge in [-0.05, 0) is 37.2 Å². The summed E-state index contributed by atoms with van der Waals surface area (Å²) in [7, 11) is 0. The van der Waals surface area contributed by atoms with Crippen molar-refractivity contribution in [3.63, 3.8) is 0 Å². The van der Waals surface area contributed by atoms with Crippen LogP contribution in [-0.2, 0) is 17.6 Å². The van der Waals surface area contributed by atoms with Crippen molar-refractivity contribution in [2.45, 2.75) is 32.6 Å². The smallest absolute Gasteiger partial charge is 0.339 e. The Labute approximate surface area is 109 Å². The number of hydrogen-bond acceptors (Lipinski definition) is 3. The number of carbonyl (C=O) groups excluding carboxylic acids is 1. The first kappa shape index (κ1) is 11.7. The quantitative estimate of drug-likeness (QED) is 0.882. The van der Waals surface area contributed by atoms with Crippen LogP contribution in [0.5, 0.6) is 0 Å². The number of anilines is 1. The lowest BCUT2D eigenvalue weighted by atomic mass is 10.1. The molecule has 2 aliphatic rings. The van der Waals surface area contributed by atoms with E-state index in [-0.39, 0.29) is 11.8 Å². The van der Waals surface area contributed by atoms with Crippen molar-refractivity contribution in [2.75, 3.05) is 5.32 Å². The largest absolute Gasteiger partial charge is 0.478 e. The van der Waals surface area contributed by atoms with Crippen LogP contribution < -0.4 is 5.32 Å². The Kier molecular flexibility index (Phi) is 2.66. The van der Waals surface area contributed by atoms with Gasteiger partial charge in [-0.15, -0.1) is 11.3 Å². The highest BCUT2D eigenvalue weighted by Crippen LogP contribution is 2.42. The second-order valence-electron chi connectivity index (χ2n) is 5.18. The molecule has 18 heavy (non-hydrogen) atoms. The third-order valence-electron chi connectivity index (χ3n) is 3.82. The van der Waals surface area contributed by atoms with Gasteiger partial charge in [-0.1, -0.05) is 6.92 Å². The van der Waals surface area contributed by atoms with Crippen molar-refractivity contribution in [1.82, 2.24) is 0 Å². The number of hydrogen-bond donors (Lipinski definition) is 2. The molecule has 2 aliphatic carbocycles. The molecule has 5 heteroatoms. The fraction of sp³-hybridized carbons (Fsp3) is 0.538. The van der Waals surface area contributed by atoms with Crippen LogP contribution in [0.25, 0.3) is 0 Å². The minimum Gasteiger partial charge on any atom is -0.478 e. The van der Waals surface area contributed by atoms with Gasteiger partial charge in [0.2, 0.25) is 5.91 Å². The van der Waals surface area contributed by atoms with E-state index in [9.17, 15) is 14.7 Å². The topological polar surface area (TPSA) is 66.4 Å². The average molecular weight is 265 g/mol. The van der Waals surface area contributed by atoms with Crippen molar-refractivity contribution in [1.29, 1.82) is 0 Å². The summed E-state index contributed by atoms with van der Waals surface area (Å²) in [4.78, 5) is 24.3. The van der Waals surface area contributed by atoms with E-state index < -0.39 is 5.97 Å². The van der Waals surface area contributed by atoms with Crippen molar-refractivity contribution in [3.8, 4) is 0 Å². The third-order valence-corrected chi connectivity index (χ3v) is 5.03. The number of aryl methyl sites for hydroxylation is 1. The Morgan fingerprint density at radius 1 is 1.39 bits per heavy atom. The van der Waals surface area contributed by atoms with Crippen molar-refractivity contribution < 1.29 is 14.7 Å². The molecular formula is C13H15NO3S. The van der Waals surface area contributed by atoms with E-state index in [2.05, 4.69) is 5.32 Å². The van der Waals surface area contributed by atoms with Crippen LogP contribution in [-0.4, -0.2) is 17.0 Å². The van der Waals surface area contributed by atoms with E-state index in [0.717, 1.165) is 36.1 Å². The summed E-state index contributed by atoms with van der Waals surface area (Å²) in [5.74, 6) is -0.438. The predicted octanol–water partition coefficient (Wildman–Crippen LogP) is 2.53. The molecule has 4 nitrogen and oxygen atoms in total. The fourth-order valence-electron chi connectivity index (χ4n) is 2.61. The van der Waals surface area contributed by atoms with E-state index in [1.165, 1.54) is 11.3 Å². The van der Waals surface area contributed by atoms with Crippen LogP contribution in [0.4, 0.5) is 5.00 Å². The molecule has 0 bridgehead atoms. The Hall–Kier alpha value is -1.36. The van der Waals surface area contributed by atoms with E-state index >= 15 is 0 Å². The van der Waals surface area contributed by atoms with E-state index in [4.69, 9.17) is 0 Å². The van der Waals surface area contributed by atoms with Crippen molar-refractivity contribution in [2.24, 2.45) is 11.8 Å². The summed E-state index contributed by atoms with van der Waals surface area (Å²) in [5, 5.41) is 12.6. The molecule has 2 atom stereocenters. The first-order valence-electron chi connectivity index (χ1n) is 6.26. The van der Waals surface area contributed by atoms with Crippen molar-refractivity contribution >= 4 is 28.2 Å². The molecule has 1 saturated carbocycles. The zero-order chi connectivity index (χ0) is 12.9. The molecule has 2 unspecified atom stereocenters. The standard InChI is InChI=1S/C13H15NO3S/c1-6-5-8(6)11(15)14-12-10(13(16)17)7-3-2-4-9(7)18-12/h6,8H,2-5H2,1H3,(H,14,15)(H,16,17). The maximum Gasteiger partial charge on any atom is 0.339 e. The van der Waals surface area contributed by atoms with Gasteiger partial charge in [0.25, 0.3) is 0 Å². The number of amides is 1. The molecule has 1 aromatic rings. The molecule has 0 aliphatic heterocycles. The average Bonchev–Trinajstić information content (AvgIpc) is 2.70. The SMILES string of the molecule is CC1CC1C(=O)Nc1sc2c(c1C(=O)O)CCC2. The highest BCUT2D eigenvalue weighted by molar-refractivity contribution is 7.17. The number of rotatable bonds is 3. The van der Waals surface area contributed by atoms with Gasteiger partial charge in [0.15, 0.2) is 0 Å². The Balaban J connectivity index is 1.87. The molecule has 0 spiro atoms. The van der Waals surface area contributed by atoms with E-state index in [1.54, 1.807) is 0 Å². The molecule has 1 amide bonds. The van der Waals surface area contributed by atoms with Gasteiger partial charge in [-0.2, -0.15) is 0 Å². The first-order chi connectivity index (χ1) is 8.58. The summed E-state index contributed by atoms with van der Waals surface area (Å²) >= 11 is 1.44. The zero-order valence-electron chi connectivity index (χ0n) is 10.2. The molecule has 1 aromatic heterocycles. The van der Waals surface area contributed by atoms with E-state index in [0.29, 0.717) is 16.5 Å². The summed E-state index contributed by atoms with van der Waals surface area (Å²) in [5.41, 5.74) is 1.26. The first-order valence-corrected chi connectivity index (χ1v) is 7.08. The fourth-order valence-corrected chi connectivity index (χ4v) is 3.89. The van der Waals surface area contributed by atoms with E-state index in [1.807, 2.05) is 6.92 Å². The maximum absolute atomic E-state index is 11.9. The Morgan fingerprint density at radius 2 is 2.11 bits per heavy atom. The Morgan fingerprint density at radius 3 is 2.72 bits per heavy atom. The van der Waals surface area contributed by atoms with Crippen LogP contribution in [0.15, 0.2) is 0 Å². The van der Waals surface area contributed by atoms with Crippen LogP contribution in [0.2, 0.25) is 0 Å². The number of fused-ring (bicyclic) bond motifs is 1. The molecule has 3 rings (SSSR count). The summed E-state index contributed by atoms with van der Waals surface area (Å²) in [6.07, 6.45) is 3.70. The normalized spacial score (nSPS) is 24.7. The number of aromatic carboxylic acids is 1. The minimum atomic E-state index is -0.923. The van der Waals surface area contributed by atoms with Crippen LogP contribution >= 0.6 is 11.3 Å². The lowest BCUT2D eigenvalue weighted by Gasteiger charge is -2.04. The van der Waals surface area contributed by atoms with Gasteiger partial charge in [0.05, 0.1) is 5.56 Å². The van der Waals surface area contributed by atoms with Gasteiger partial charge in [-0.25, -0.2) is 4.79 Å². The maximum atomic E-state index is 11.9. The molecular weight excluding hydrogens is 250 g/mol. The van der Waals surface area contributed by atoms with Gasteiger partial charge >= 0.3 is 5.97 Å². The molecule has 0 radical (unpaired) electrons. The summed E-state index contributed by atoms with van der Waals surface area (Å²) in [6.45, 7) is 2.04. The second-order valence-corrected chi connectivity index (χ2v) is 6.28. The van der Waals surface area contributed by atoms with Gasteiger partial charge in [0.1, 0.15) is 5.00 Å². The number of carbonyl (C=O) groups is 2. The monoisotopic (exact) mass is 265 g/mol. The summed E-state index contributed by atoms with van der Waals surface area (Å²) in [6, 6.07) is 0. The molecule has 96 valence electrons. The number of carboxylic acids is 1. The van der Waals surface area contributed by atoms with Gasteiger partial charge in [-0.3, -0.25) is 4.79 Å². The third kappa shape index (κ3) is 1.82. The lowest BCUT2D eigenvalue weighted by Crippen LogP contribution is -2.16. The van der Waals surface area contributed by atoms with Crippen LogP contribution in [0.1, 0.15) is 40.6 Å². The molecule has 1 fully saturated rings. The van der Waals surface area contributed by atoms with Crippen LogP contribution in [0.3, 0.4) is 0 Å². The molecule has 0 saturated heterocycles. The number of nitrogens with one attached hydrogen (secondary N) is 1. The summed E-state index contributed by atoms with van der Waals surface area (Å²) < 4.78 is 0. The van der Waals surface area contributed by atoms with Gasteiger partial charge in [0, 0.05) is 10.8 Å². The lowest BCUT2D eigenvalue weighted by molar-refractivity contribution is -0.117. The minimum absolute atomic E-state index is 0.0232. The second kappa shape index (κ2) is 4.09. The van der Waals surface area contributed by atoms with Crippen LogP contribution in [0, 0.1) is 11.8 Å². The molecule has 0 aromatic carbocycles. The van der Waals surface area contributed by atoms with Crippen molar-refractivity contribution in [3.05, 3.63) is 16.0 Å². The molecule has 2 N–H and O–H groups in total. The zero-order valence-corrected chi connectivity index (χ0v) is 11.0. The number of thiophene rings is 1.